The van der Waals surface area contributed by atoms with E-state index in [1.54, 1.807) is 0 Å². The maximum atomic E-state index is 13.9. The zero-order valence-electron chi connectivity index (χ0n) is 11.0. The molecule has 0 bridgehead atoms. The fraction of sp³-hybridized carbons (Fsp3) is 0.429. The first-order chi connectivity index (χ1) is 9.38. The smallest absolute Gasteiger partial charge is 0.325 e. The Morgan fingerprint density at radius 3 is 2.25 bits per heavy atom. The number of benzene rings is 1. The Morgan fingerprint density at radius 2 is 1.85 bits per heavy atom. The van der Waals surface area contributed by atoms with E-state index in [9.17, 15) is 18.4 Å². The fourth-order valence-electron chi connectivity index (χ4n) is 2.47. The van der Waals surface area contributed by atoms with Gasteiger partial charge in [0.25, 0.3) is 0 Å². The molecule has 4 nitrogen and oxygen atoms in total. The molecule has 0 aromatic heterocycles. The van der Waals surface area contributed by atoms with E-state index >= 15 is 0 Å². The van der Waals surface area contributed by atoms with E-state index in [2.05, 4.69) is 5.32 Å². The minimum absolute atomic E-state index is 0.263. The van der Waals surface area contributed by atoms with Crippen LogP contribution < -0.4 is 5.32 Å². The number of halogens is 2. The molecule has 1 amide bonds. The fourth-order valence-corrected chi connectivity index (χ4v) is 2.47. The first-order valence-corrected chi connectivity index (χ1v) is 6.37. The summed E-state index contributed by atoms with van der Waals surface area (Å²) < 4.78 is 27.8. The van der Waals surface area contributed by atoms with Crippen molar-refractivity contribution in [3.05, 3.63) is 35.4 Å². The molecule has 1 aliphatic rings. The molecule has 0 unspecified atom stereocenters. The summed E-state index contributed by atoms with van der Waals surface area (Å²) in [7, 11) is 0. The number of hydrogen-bond acceptors (Lipinski definition) is 2. The molecule has 20 heavy (non-hydrogen) atoms. The summed E-state index contributed by atoms with van der Waals surface area (Å²) in [5, 5.41) is 11.1. The highest BCUT2D eigenvalue weighted by Crippen LogP contribution is 2.46. The molecule has 0 spiro atoms. The normalized spacial score (nSPS) is 17.9. The molecule has 1 aliphatic carbocycles. The molecule has 1 aromatic carbocycles. The van der Waals surface area contributed by atoms with Crippen molar-refractivity contribution < 1.29 is 23.5 Å². The Kier molecular flexibility index (Phi) is 3.74. The second kappa shape index (κ2) is 5.19. The van der Waals surface area contributed by atoms with Gasteiger partial charge in [-0.3, -0.25) is 9.59 Å². The van der Waals surface area contributed by atoms with Crippen molar-refractivity contribution in [3.63, 3.8) is 0 Å². The number of nitrogens with one attached hydrogen (secondary N) is 1. The van der Waals surface area contributed by atoms with Gasteiger partial charge in [0, 0.05) is 5.56 Å². The van der Waals surface area contributed by atoms with Crippen LogP contribution in [0.5, 0.6) is 0 Å². The molecule has 108 valence electrons. The van der Waals surface area contributed by atoms with Gasteiger partial charge in [-0.05, 0) is 31.9 Å². The van der Waals surface area contributed by atoms with Crippen LogP contribution in [0.25, 0.3) is 0 Å². The number of rotatable bonds is 4. The summed E-state index contributed by atoms with van der Waals surface area (Å²) in [6, 6.07) is 2.34. The topological polar surface area (TPSA) is 66.4 Å². The lowest BCUT2D eigenvalue weighted by molar-refractivity contribution is -0.143. The molecule has 0 saturated heterocycles. The second-order valence-electron chi connectivity index (χ2n) is 5.07. The molecule has 1 atom stereocenters. The highest BCUT2D eigenvalue weighted by Gasteiger charge is 2.49. The summed E-state index contributed by atoms with van der Waals surface area (Å²) in [5.41, 5.74) is -1.56. The van der Waals surface area contributed by atoms with Crippen molar-refractivity contribution in [1.82, 2.24) is 5.32 Å². The molecule has 2 rings (SSSR count). The number of carboxylic acids is 1. The molecular formula is C14H15F2NO3. The zero-order chi connectivity index (χ0) is 14.9. The van der Waals surface area contributed by atoms with E-state index < -0.39 is 35.0 Å². The van der Waals surface area contributed by atoms with E-state index in [1.165, 1.54) is 13.0 Å². The summed E-state index contributed by atoms with van der Waals surface area (Å²) in [6.07, 6.45) is 1.29. The zero-order valence-corrected chi connectivity index (χ0v) is 11.0. The Bertz CT molecular complexity index is 535. The number of carboxylic acid groups (broad SMARTS) is 1. The SMILES string of the molecule is C[C@@H](NC(=O)C1(c2c(F)cccc2F)CCC1)C(=O)O. The van der Waals surface area contributed by atoms with Crippen LogP contribution in [0.2, 0.25) is 0 Å². The number of aliphatic carboxylic acids is 1. The van der Waals surface area contributed by atoms with Gasteiger partial charge in [0.1, 0.15) is 17.7 Å². The van der Waals surface area contributed by atoms with Gasteiger partial charge in [-0.1, -0.05) is 12.5 Å². The highest BCUT2D eigenvalue weighted by molar-refractivity contribution is 5.92. The Balaban J connectivity index is 2.35. The lowest BCUT2D eigenvalue weighted by Crippen LogP contribution is -2.53. The highest BCUT2D eigenvalue weighted by atomic mass is 19.1. The molecule has 0 aliphatic heterocycles. The van der Waals surface area contributed by atoms with E-state index in [-0.39, 0.29) is 5.56 Å². The van der Waals surface area contributed by atoms with Gasteiger partial charge in [-0.25, -0.2) is 8.78 Å². The van der Waals surface area contributed by atoms with Gasteiger partial charge in [0.05, 0.1) is 5.41 Å². The predicted octanol–water partition coefficient (Wildman–Crippen LogP) is 1.98. The van der Waals surface area contributed by atoms with Gasteiger partial charge in [-0.15, -0.1) is 0 Å². The summed E-state index contributed by atoms with van der Waals surface area (Å²) >= 11 is 0. The quantitative estimate of drug-likeness (QED) is 0.888. The average molecular weight is 283 g/mol. The van der Waals surface area contributed by atoms with Crippen LogP contribution in [0, 0.1) is 11.6 Å². The number of carbonyl (C=O) groups is 2. The van der Waals surface area contributed by atoms with Crippen molar-refractivity contribution in [2.24, 2.45) is 0 Å². The standard InChI is InChI=1S/C14H15F2NO3/c1-8(12(18)19)17-13(20)14(6-3-7-14)11-9(15)4-2-5-10(11)16/h2,4-5,8H,3,6-7H2,1H3,(H,17,20)(H,18,19)/t8-/m1/s1. The summed E-state index contributed by atoms with van der Waals surface area (Å²) in [6.45, 7) is 1.31. The monoisotopic (exact) mass is 283 g/mol. The van der Waals surface area contributed by atoms with Crippen molar-refractivity contribution >= 4 is 11.9 Å². The van der Waals surface area contributed by atoms with Crippen molar-refractivity contribution in [2.75, 3.05) is 0 Å². The second-order valence-corrected chi connectivity index (χ2v) is 5.07. The average Bonchev–Trinajstić information content (AvgIpc) is 2.31. The van der Waals surface area contributed by atoms with Crippen LogP contribution in [-0.2, 0) is 15.0 Å². The Hall–Kier alpha value is -1.98. The molecule has 2 N–H and O–H groups in total. The van der Waals surface area contributed by atoms with Crippen LogP contribution in [0.4, 0.5) is 8.78 Å². The van der Waals surface area contributed by atoms with Crippen molar-refractivity contribution in [1.29, 1.82) is 0 Å². The summed E-state index contributed by atoms with van der Waals surface area (Å²) in [4.78, 5) is 23.0. The molecule has 1 saturated carbocycles. The molecule has 0 radical (unpaired) electrons. The maximum Gasteiger partial charge on any atom is 0.325 e. The van der Waals surface area contributed by atoms with Gasteiger partial charge in [-0.2, -0.15) is 0 Å². The molecule has 6 heteroatoms. The predicted molar refractivity (Wildman–Crippen MR) is 67.1 cm³/mol. The van der Waals surface area contributed by atoms with Crippen LogP contribution >= 0.6 is 0 Å². The van der Waals surface area contributed by atoms with Gasteiger partial charge in [0.2, 0.25) is 5.91 Å². The minimum atomic E-state index is -1.29. The molecular weight excluding hydrogens is 268 g/mol. The van der Waals surface area contributed by atoms with Crippen LogP contribution in [0.1, 0.15) is 31.7 Å². The lowest BCUT2D eigenvalue weighted by Gasteiger charge is -2.41. The minimum Gasteiger partial charge on any atom is -0.480 e. The number of hydrogen-bond donors (Lipinski definition) is 2. The van der Waals surface area contributed by atoms with Gasteiger partial charge >= 0.3 is 5.97 Å². The summed E-state index contributed by atoms with van der Waals surface area (Å²) in [5.74, 6) is -3.38. The van der Waals surface area contributed by atoms with E-state index in [0.717, 1.165) is 12.1 Å². The maximum absolute atomic E-state index is 13.9. The van der Waals surface area contributed by atoms with E-state index in [1.807, 2.05) is 0 Å². The first kappa shape index (κ1) is 14.4. The van der Waals surface area contributed by atoms with Crippen LogP contribution in [0.15, 0.2) is 18.2 Å². The Labute approximate surface area is 114 Å². The number of carbonyl (C=O) groups excluding carboxylic acids is 1. The van der Waals surface area contributed by atoms with Crippen LogP contribution in [-0.4, -0.2) is 23.0 Å². The first-order valence-electron chi connectivity index (χ1n) is 6.37. The van der Waals surface area contributed by atoms with Crippen molar-refractivity contribution in [2.45, 2.75) is 37.6 Å². The van der Waals surface area contributed by atoms with E-state index in [0.29, 0.717) is 19.3 Å². The van der Waals surface area contributed by atoms with Gasteiger partial charge < -0.3 is 10.4 Å². The third-order valence-corrected chi connectivity index (χ3v) is 3.80. The van der Waals surface area contributed by atoms with Crippen molar-refractivity contribution in [3.8, 4) is 0 Å². The lowest BCUT2D eigenvalue weighted by atomic mass is 9.63. The Morgan fingerprint density at radius 1 is 1.30 bits per heavy atom. The molecule has 0 heterocycles. The number of amides is 1. The molecule has 1 aromatic rings. The van der Waals surface area contributed by atoms with Crippen LogP contribution in [0.3, 0.4) is 0 Å². The third-order valence-electron chi connectivity index (χ3n) is 3.80. The van der Waals surface area contributed by atoms with Gasteiger partial charge in [0.15, 0.2) is 0 Å². The molecule has 1 fully saturated rings. The largest absolute Gasteiger partial charge is 0.480 e. The van der Waals surface area contributed by atoms with E-state index in [4.69, 9.17) is 5.11 Å². The third kappa shape index (κ3) is 2.26.